The van der Waals surface area contributed by atoms with E-state index in [0.717, 1.165) is 17.2 Å². The van der Waals surface area contributed by atoms with Crippen molar-refractivity contribution >= 4 is 17.2 Å². The molecular formula is C18H16N2. The smallest absolute Gasteiger partial charge is 0.137 e. The van der Waals surface area contributed by atoms with Gasteiger partial charge in [0, 0.05) is 17.6 Å². The zero-order chi connectivity index (χ0) is 13.8. The molecule has 0 N–H and O–H groups in total. The largest absolute Gasteiger partial charge is 0.295 e. The summed E-state index contributed by atoms with van der Waals surface area (Å²) >= 11 is 0. The van der Waals surface area contributed by atoms with Crippen molar-refractivity contribution in [3.63, 3.8) is 0 Å². The molecule has 0 aliphatic heterocycles. The summed E-state index contributed by atoms with van der Waals surface area (Å²) < 4.78 is 0. The molecule has 0 amide bonds. The molecule has 2 nitrogen and oxygen atoms in total. The molecule has 1 heterocycles. The van der Waals surface area contributed by atoms with E-state index >= 15 is 0 Å². The van der Waals surface area contributed by atoms with Gasteiger partial charge in [0.1, 0.15) is 5.82 Å². The summed E-state index contributed by atoms with van der Waals surface area (Å²) in [5.74, 6) is 0.933. The van der Waals surface area contributed by atoms with Gasteiger partial charge in [-0.2, -0.15) is 0 Å². The Morgan fingerprint density at radius 3 is 1.80 bits per heavy atom. The first kappa shape index (κ1) is 12.4. The number of pyridine rings is 1. The van der Waals surface area contributed by atoms with E-state index in [1.165, 1.54) is 5.56 Å². The second-order valence-electron chi connectivity index (χ2n) is 4.70. The Kier molecular flexibility index (Phi) is 3.46. The Balaban J connectivity index is 2.14. The average molecular weight is 260 g/mol. The number of hydrogen-bond acceptors (Lipinski definition) is 2. The molecule has 1 aromatic heterocycles. The maximum absolute atomic E-state index is 4.52. The Labute approximate surface area is 119 Å². The molecule has 98 valence electrons. The molecular weight excluding hydrogens is 244 g/mol. The zero-order valence-electron chi connectivity index (χ0n) is 11.4. The second-order valence-corrected chi connectivity index (χ2v) is 4.70. The summed E-state index contributed by atoms with van der Waals surface area (Å²) in [5, 5.41) is 0. The van der Waals surface area contributed by atoms with Crippen molar-refractivity contribution in [1.82, 2.24) is 4.98 Å². The first-order chi connectivity index (χ1) is 9.84. The summed E-state index contributed by atoms with van der Waals surface area (Å²) in [6.07, 6.45) is 1.85. The van der Waals surface area contributed by atoms with Crippen LogP contribution in [0.2, 0.25) is 0 Å². The van der Waals surface area contributed by atoms with Crippen LogP contribution in [0.25, 0.3) is 0 Å². The highest BCUT2D eigenvalue weighted by Gasteiger charge is 2.12. The van der Waals surface area contributed by atoms with Crippen LogP contribution in [-0.4, -0.2) is 4.98 Å². The minimum absolute atomic E-state index is 0.933. The Bertz CT molecular complexity index is 639. The Hall–Kier alpha value is -2.61. The fourth-order valence-electron chi connectivity index (χ4n) is 2.21. The van der Waals surface area contributed by atoms with Crippen LogP contribution in [0.1, 0.15) is 5.56 Å². The lowest BCUT2D eigenvalue weighted by Crippen LogP contribution is -2.11. The van der Waals surface area contributed by atoms with Gasteiger partial charge < -0.3 is 0 Å². The van der Waals surface area contributed by atoms with E-state index < -0.39 is 0 Å². The predicted octanol–water partition coefficient (Wildman–Crippen LogP) is 4.86. The summed E-state index contributed by atoms with van der Waals surface area (Å²) in [4.78, 5) is 6.68. The van der Waals surface area contributed by atoms with Crippen molar-refractivity contribution in [2.24, 2.45) is 0 Å². The molecule has 0 fully saturated rings. The lowest BCUT2D eigenvalue weighted by molar-refractivity contribution is 1.17. The fraction of sp³-hybridized carbons (Fsp3) is 0.0556. The lowest BCUT2D eigenvalue weighted by atomic mass is 10.2. The molecule has 0 saturated heterocycles. The molecule has 0 saturated carbocycles. The first-order valence-electron chi connectivity index (χ1n) is 6.67. The van der Waals surface area contributed by atoms with E-state index in [1.54, 1.807) is 0 Å². The molecule has 0 unspecified atom stereocenters. The molecule has 3 rings (SSSR count). The predicted molar refractivity (Wildman–Crippen MR) is 83.7 cm³/mol. The van der Waals surface area contributed by atoms with Gasteiger partial charge in [-0.1, -0.05) is 36.4 Å². The average Bonchev–Trinajstić information content (AvgIpc) is 2.50. The monoisotopic (exact) mass is 260 g/mol. The Morgan fingerprint density at radius 2 is 1.30 bits per heavy atom. The van der Waals surface area contributed by atoms with Gasteiger partial charge in [-0.15, -0.1) is 0 Å². The van der Waals surface area contributed by atoms with E-state index in [0.29, 0.717) is 0 Å². The standard InChI is InChI=1S/C18H16N2/c1-15-12-13-19-18(14-15)20(16-8-4-2-5-9-16)17-10-6-3-7-11-17/h2-14H,1H3. The zero-order valence-corrected chi connectivity index (χ0v) is 11.4. The van der Waals surface area contributed by atoms with Crippen LogP contribution in [0.15, 0.2) is 79.0 Å². The highest BCUT2D eigenvalue weighted by Crippen LogP contribution is 2.32. The SMILES string of the molecule is Cc1ccnc(N(c2ccccc2)c2ccccc2)c1. The molecule has 0 bridgehead atoms. The number of benzene rings is 2. The lowest BCUT2D eigenvalue weighted by Gasteiger charge is -2.24. The van der Waals surface area contributed by atoms with Crippen molar-refractivity contribution in [3.05, 3.63) is 84.6 Å². The van der Waals surface area contributed by atoms with Crippen LogP contribution in [0.3, 0.4) is 0 Å². The van der Waals surface area contributed by atoms with Gasteiger partial charge >= 0.3 is 0 Å². The van der Waals surface area contributed by atoms with E-state index in [1.807, 2.05) is 48.7 Å². The van der Waals surface area contributed by atoms with Crippen molar-refractivity contribution < 1.29 is 0 Å². The molecule has 0 aliphatic rings. The normalized spacial score (nSPS) is 10.2. The van der Waals surface area contributed by atoms with Gasteiger partial charge in [0.05, 0.1) is 0 Å². The van der Waals surface area contributed by atoms with Crippen LogP contribution in [-0.2, 0) is 0 Å². The van der Waals surface area contributed by atoms with E-state index in [4.69, 9.17) is 0 Å². The number of hydrogen-bond donors (Lipinski definition) is 0. The molecule has 0 aliphatic carbocycles. The molecule has 20 heavy (non-hydrogen) atoms. The molecule has 0 radical (unpaired) electrons. The molecule has 2 aromatic carbocycles. The summed E-state index contributed by atoms with van der Waals surface area (Å²) in [5.41, 5.74) is 3.42. The minimum atomic E-state index is 0.933. The van der Waals surface area contributed by atoms with Crippen LogP contribution in [0, 0.1) is 6.92 Å². The number of nitrogens with zero attached hydrogens (tertiary/aromatic N) is 2. The maximum atomic E-state index is 4.52. The summed E-state index contributed by atoms with van der Waals surface area (Å²) in [6, 6.07) is 24.7. The second kappa shape index (κ2) is 5.57. The third-order valence-corrected chi connectivity index (χ3v) is 3.16. The van der Waals surface area contributed by atoms with Gasteiger partial charge in [0.2, 0.25) is 0 Å². The highest BCUT2D eigenvalue weighted by atomic mass is 15.2. The van der Waals surface area contributed by atoms with Gasteiger partial charge in [0.15, 0.2) is 0 Å². The number of rotatable bonds is 3. The van der Waals surface area contributed by atoms with Crippen LogP contribution in [0.5, 0.6) is 0 Å². The molecule has 3 aromatic rings. The van der Waals surface area contributed by atoms with Gasteiger partial charge in [-0.05, 0) is 48.9 Å². The highest BCUT2D eigenvalue weighted by molar-refractivity contribution is 5.74. The van der Waals surface area contributed by atoms with Crippen LogP contribution < -0.4 is 4.90 Å². The van der Waals surface area contributed by atoms with E-state index in [2.05, 4.69) is 47.1 Å². The Morgan fingerprint density at radius 1 is 0.750 bits per heavy atom. The topological polar surface area (TPSA) is 16.1 Å². The molecule has 2 heteroatoms. The van der Waals surface area contributed by atoms with Crippen LogP contribution in [0.4, 0.5) is 17.2 Å². The van der Waals surface area contributed by atoms with Gasteiger partial charge in [-0.3, -0.25) is 4.90 Å². The van der Waals surface area contributed by atoms with Gasteiger partial charge in [0.25, 0.3) is 0 Å². The number of anilines is 3. The summed E-state index contributed by atoms with van der Waals surface area (Å²) in [7, 11) is 0. The first-order valence-corrected chi connectivity index (χ1v) is 6.67. The van der Waals surface area contributed by atoms with Crippen molar-refractivity contribution in [2.75, 3.05) is 4.90 Å². The number of aryl methyl sites for hydroxylation is 1. The van der Waals surface area contributed by atoms with Crippen molar-refractivity contribution in [3.8, 4) is 0 Å². The maximum Gasteiger partial charge on any atom is 0.137 e. The third-order valence-electron chi connectivity index (χ3n) is 3.16. The van der Waals surface area contributed by atoms with E-state index in [-0.39, 0.29) is 0 Å². The minimum Gasteiger partial charge on any atom is -0.295 e. The summed E-state index contributed by atoms with van der Waals surface area (Å²) in [6.45, 7) is 2.08. The van der Waals surface area contributed by atoms with Crippen molar-refractivity contribution in [1.29, 1.82) is 0 Å². The molecule has 0 spiro atoms. The van der Waals surface area contributed by atoms with Crippen molar-refractivity contribution in [2.45, 2.75) is 6.92 Å². The van der Waals surface area contributed by atoms with E-state index in [9.17, 15) is 0 Å². The van der Waals surface area contributed by atoms with Gasteiger partial charge in [-0.25, -0.2) is 4.98 Å². The third kappa shape index (κ3) is 2.54. The molecule has 0 atom stereocenters. The quantitative estimate of drug-likeness (QED) is 0.668. The van der Waals surface area contributed by atoms with Crippen LogP contribution >= 0.6 is 0 Å². The number of para-hydroxylation sites is 2. The fourth-order valence-corrected chi connectivity index (χ4v) is 2.21. The number of aromatic nitrogens is 1.